The molecule has 8 heteroatoms. The van der Waals surface area contributed by atoms with E-state index in [0.29, 0.717) is 12.0 Å². The van der Waals surface area contributed by atoms with Gasteiger partial charge in [-0.2, -0.15) is 0 Å². The molecule has 8 nitrogen and oxygen atoms in total. The molecule has 3 amide bonds. The summed E-state index contributed by atoms with van der Waals surface area (Å²) in [7, 11) is 1.41. The quantitative estimate of drug-likeness (QED) is 0.447. The number of carbonyl (C=O) groups is 4. The zero-order valence-corrected chi connectivity index (χ0v) is 13.2. The van der Waals surface area contributed by atoms with Gasteiger partial charge in [0.05, 0.1) is 17.7 Å². The van der Waals surface area contributed by atoms with Crippen molar-refractivity contribution in [3.63, 3.8) is 0 Å². The number of nitrogens with one attached hydrogen (secondary N) is 2. The van der Waals surface area contributed by atoms with Crippen LogP contribution in [0.1, 0.15) is 33.6 Å². The van der Waals surface area contributed by atoms with Crippen LogP contribution in [0.5, 0.6) is 0 Å². The molecule has 0 spiro atoms. The predicted octanol–water partition coefficient (Wildman–Crippen LogP) is -0.219. The fraction of sp³-hybridized carbons (Fsp3) is 0.375. The third-order valence-corrected chi connectivity index (χ3v) is 3.79. The lowest BCUT2D eigenvalue weighted by atomic mass is 10.1. The largest absolute Gasteiger partial charge is 0.395 e. The maximum Gasteiger partial charge on any atom is 0.264 e. The molecule has 0 radical (unpaired) electrons. The molecule has 2 rings (SSSR count). The van der Waals surface area contributed by atoms with Crippen LogP contribution in [0.15, 0.2) is 18.2 Å². The minimum absolute atomic E-state index is 0.0567. The summed E-state index contributed by atoms with van der Waals surface area (Å²) in [6.07, 6.45) is 0.761. The number of benzene rings is 1. The van der Waals surface area contributed by atoms with Crippen LogP contribution in [0.2, 0.25) is 0 Å². The van der Waals surface area contributed by atoms with Gasteiger partial charge in [-0.05, 0) is 18.6 Å². The monoisotopic (exact) mass is 333 g/mol. The average molecular weight is 333 g/mol. The maximum absolute atomic E-state index is 12.8. The molecule has 0 saturated carbocycles. The van der Waals surface area contributed by atoms with Crippen LogP contribution in [-0.4, -0.2) is 60.3 Å². The molecular formula is C16H19N3O5. The minimum Gasteiger partial charge on any atom is -0.395 e. The van der Waals surface area contributed by atoms with Crippen molar-refractivity contribution in [2.45, 2.75) is 18.9 Å². The van der Waals surface area contributed by atoms with Gasteiger partial charge in [-0.25, -0.2) is 0 Å². The van der Waals surface area contributed by atoms with Crippen molar-refractivity contribution in [1.82, 2.24) is 10.2 Å². The van der Waals surface area contributed by atoms with E-state index in [4.69, 9.17) is 5.11 Å². The van der Waals surface area contributed by atoms with Gasteiger partial charge in [-0.1, -0.05) is 6.07 Å². The van der Waals surface area contributed by atoms with Crippen LogP contribution < -0.4 is 10.6 Å². The first-order chi connectivity index (χ1) is 11.6. The molecule has 3 N–H and O–H groups in total. The van der Waals surface area contributed by atoms with Gasteiger partial charge in [-0.15, -0.1) is 0 Å². The zero-order chi connectivity index (χ0) is 17.7. The molecule has 0 bridgehead atoms. The zero-order valence-electron chi connectivity index (χ0n) is 13.2. The van der Waals surface area contributed by atoms with Gasteiger partial charge >= 0.3 is 0 Å². The predicted molar refractivity (Wildman–Crippen MR) is 85.7 cm³/mol. The summed E-state index contributed by atoms with van der Waals surface area (Å²) in [6.45, 7) is 0.0949. The van der Waals surface area contributed by atoms with Crippen LogP contribution in [0.25, 0.3) is 0 Å². The molecular weight excluding hydrogens is 314 g/mol. The molecule has 24 heavy (non-hydrogen) atoms. The van der Waals surface area contributed by atoms with E-state index < -0.39 is 23.8 Å². The highest BCUT2D eigenvalue weighted by Crippen LogP contribution is 2.31. The van der Waals surface area contributed by atoms with Gasteiger partial charge in [-0.3, -0.25) is 19.3 Å². The number of hydrogen-bond acceptors (Lipinski definition) is 6. The van der Waals surface area contributed by atoms with E-state index in [0.717, 1.165) is 4.90 Å². The normalized spacial score (nSPS) is 14.3. The highest BCUT2D eigenvalue weighted by Gasteiger charge is 2.43. The summed E-state index contributed by atoms with van der Waals surface area (Å²) >= 11 is 0. The molecule has 1 unspecified atom stereocenters. The summed E-state index contributed by atoms with van der Waals surface area (Å²) < 4.78 is 0. The second-order valence-corrected chi connectivity index (χ2v) is 5.23. The van der Waals surface area contributed by atoms with Crippen LogP contribution >= 0.6 is 0 Å². The first kappa shape index (κ1) is 17.6. The fourth-order valence-electron chi connectivity index (χ4n) is 2.69. The van der Waals surface area contributed by atoms with E-state index in [-0.39, 0.29) is 37.1 Å². The first-order valence-corrected chi connectivity index (χ1v) is 7.57. The Hall–Kier alpha value is -2.74. The van der Waals surface area contributed by atoms with Gasteiger partial charge in [0.2, 0.25) is 5.91 Å². The molecule has 1 aliphatic heterocycles. The van der Waals surface area contributed by atoms with Crippen molar-refractivity contribution >= 4 is 29.7 Å². The number of likely N-dealkylation sites (N-methyl/N-ethyl adjacent to an activating group) is 1. The first-order valence-electron chi connectivity index (χ1n) is 7.57. The van der Waals surface area contributed by atoms with E-state index in [9.17, 15) is 19.2 Å². The van der Waals surface area contributed by atoms with Crippen LogP contribution in [0, 0.1) is 0 Å². The molecule has 1 atom stereocenters. The highest BCUT2D eigenvalue weighted by atomic mass is 16.3. The molecule has 0 saturated heterocycles. The molecule has 0 aliphatic carbocycles. The van der Waals surface area contributed by atoms with E-state index in [2.05, 4.69) is 10.6 Å². The van der Waals surface area contributed by atoms with Gasteiger partial charge < -0.3 is 20.5 Å². The Balaban J connectivity index is 2.40. The number of hydrogen-bond donors (Lipinski definition) is 3. The van der Waals surface area contributed by atoms with Crippen LogP contribution in [0.3, 0.4) is 0 Å². The summed E-state index contributed by atoms with van der Waals surface area (Å²) in [4.78, 5) is 49.0. The maximum atomic E-state index is 12.8. The molecule has 0 fully saturated rings. The summed E-state index contributed by atoms with van der Waals surface area (Å²) in [6, 6.07) is 3.72. The molecule has 1 aliphatic rings. The smallest absolute Gasteiger partial charge is 0.264 e. The van der Waals surface area contributed by atoms with Gasteiger partial charge in [0.25, 0.3) is 11.8 Å². The van der Waals surface area contributed by atoms with Crippen molar-refractivity contribution in [1.29, 1.82) is 0 Å². The van der Waals surface area contributed by atoms with Crippen molar-refractivity contribution in [2.75, 3.05) is 25.5 Å². The van der Waals surface area contributed by atoms with Crippen molar-refractivity contribution in [3.8, 4) is 0 Å². The number of aldehydes is 1. The Bertz CT molecular complexity index is 674. The second-order valence-electron chi connectivity index (χ2n) is 5.23. The Labute approximate surface area is 138 Å². The minimum atomic E-state index is -1.04. The number of rotatable bonds is 8. The SMILES string of the molecule is CNC(=O)C(CCC=O)N1C(=O)c2cccc(NCCO)c2C1=O. The lowest BCUT2D eigenvalue weighted by Gasteiger charge is -2.24. The lowest BCUT2D eigenvalue weighted by molar-refractivity contribution is -0.124. The third-order valence-electron chi connectivity index (χ3n) is 3.79. The van der Waals surface area contributed by atoms with Gasteiger partial charge in [0.1, 0.15) is 12.3 Å². The Kier molecular flexibility index (Phi) is 5.64. The van der Waals surface area contributed by atoms with Crippen LogP contribution in [-0.2, 0) is 9.59 Å². The molecule has 1 heterocycles. The number of fused-ring (bicyclic) bond motifs is 1. The van der Waals surface area contributed by atoms with Crippen LogP contribution in [0.4, 0.5) is 5.69 Å². The Morgan fingerprint density at radius 2 is 2.08 bits per heavy atom. The number of amides is 3. The van der Waals surface area contributed by atoms with Crippen molar-refractivity contribution in [3.05, 3.63) is 29.3 Å². The summed E-state index contributed by atoms with van der Waals surface area (Å²) in [5.41, 5.74) is 0.798. The molecule has 1 aromatic carbocycles. The molecule has 1 aromatic rings. The molecule has 0 aromatic heterocycles. The van der Waals surface area contributed by atoms with E-state index in [1.165, 1.54) is 13.1 Å². The van der Waals surface area contributed by atoms with E-state index in [1.54, 1.807) is 12.1 Å². The standard InChI is InChI=1S/C16H19N3O5/c1-17-14(22)12(6-3-8-20)19-15(23)10-4-2-5-11(18-7-9-21)13(10)16(19)24/h2,4-5,8,12,18,21H,3,6-7,9H2,1H3,(H,17,22). The molecule has 128 valence electrons. The number of aliphatic hydroxyl groups excluding tert-OH is 1. The fourth-order valence-corrected chi connectivity index (χ4v) is 2.69. The average Bonchev–Trinajstić information content (AvgIpc) is 2.85. The van der Waals surface area contributed by atoms with Gasteiger partial charge in [0, 0.05) is 25.7 Å². The van der Waals surface area contributed by atoms with Crippen molar-refractivity contribution < 1.29 is 24.3 Å². The number of nitrogens with zero attached hydrogens (tertiary/aromatic N) is 1. The topological polar surface area (TPSA) is 116 Å². The number of imide groups is 1. The number of carbonyl (C=O) groups excluding carboxylic acids is 4. The lowest BCUT2D eigenvalue weighted by Crippen LogP contribution is -2.48. The summed E-state index contributed by atoms with van der Waals surface area (Å²) in [5.74, 6) is -1.66. The number of anilines is 1. The third kappa shape index (κ3) is 3.13. The Morgan fingerprint density at radius 1 is 1.33 bits per heavy atom. The highest BCUT2D eigenvalue weighted by molar-refractivity contribution is 6.25. The number of aliphatic hydroxyl groups is 1. The second kappa shape index (κ2) is 7.69. The Morgan fingerprint density at radius 3 is 2.71 bits per heavy atom. The van der Waals surface area contributed by atoms with Crippen molar-refractivity contribution in [2.24, 2.45) is 0 Å². The summed E-state index contributed by atoms with van der Waals surface area (Å²) in [5, 5.41) is 14.2. The van der Waals surface area contributed by atoms with E-state index >= 15 is 0 Å². The van der Waals surface area contributed by atoms with Gasteiger partial charge in [0.15, 0.2) is 0 Å². The van der Waals surface area contributed by atoms with E-state index in [1.807, 2.05) is 0 Å².